The Kier molecular flexibility index (Phi) is 10.3. The van der Waals surface area contributed by atoms with E-state index in [2.05, 4.69) is 20.2 Å². The molecule has 3 saturated heterocycles. The molecular formula is C44H44F4N6O5. The number of esters is 1. The number of hydrogen-bond acceptors (Lipinski definition) is 10. The van der Waals surface area contributed by atoms with Crippen LogP contribution in [0.25, 0.3) is 32.9 Å². The highest BCUT2D eigenvalue weighted by molar-refractivity contribution is 6.02. The van der Waals surface area contributed by atoms with Crippen LogP contribution in [0.1, 0.15) is 56.6 Å². The van der Waals surface area contributed by atoms with Gasteiger partial charge in [-0.15, -0.1) is 0 Å². The number of ether oxygens (including phenoxy) is 3. The van der Waals surface area contributed by atoms with Crippen molar-refractivity contribution in [1.82, 2.24) is 25.2 Å². The molecule has 7 heterocycles. The minimum Gasteiger partial charge on any atom is -0.461 e. The van der Waals surface area contributed by atoms with E-state index in [0.29, 0.717) is 30.2 Å². The van der Waals surface area contributed by atoms with E-state index in [9.17, 15) is 14.0 Å². The van der Waals surface area contributed by atoms with Gasteiger partial charge in [0.2, 0.25) is 0 Å². The maximum atomic E-state index is 17.5. The van der Waals surface area contributed by atoms with E-state index in [-0.39, 0.29) is 104 Å². The van der Waals surface area contributed by atoms with Crippen LogP contribution in [-0.4, -0.2) is 94.7 Å². The van der Waals surface area contributed by atoms with E-state index in [4.69, 9.17) is 19.2 Å². The molecule has 59 heavy (non-hydrogen) atoms. The summed E-state index contributed by atoms with van der Waals surface area (Å²) in [4.78, 5) is 43.9. The number of anilines is 1. The number of halogens is 4. The third-order valence-electron chi connectivity index (χ3n) is 12.1. The maximum Gasteiger partial charge on any atom is 0.407 e. The van der Waals surface area contributed by atoms with Crippen LogP contribution in [0, 0.1) is 11.6 Å². The summed E-state index contributed by atoms with van der Waals surface area (Å²) in [5.41, 5.74) is -0.767. The fourth-order valence-electron chi connectivity index (χ4n) is 9.51. The Balaban J connectivity index is 1.19. The first kappa shape index (κ1) is 38.9. The van der Waals surface area contributed by atoms with E-state index in [0.717, 1.165) is 18.5 Å². The molecule has 10 rings (SSSR count). The van der Waals surface area contributed by atoms with Crippen LogP contribution in [0.3, 0.4) is 0 Å². The molecule has 0 radical (unpaired) electrons. The zero-order valence-corrected chi connectivity index (χ0v) is 32.6. The van der Waals surface area contributed by atoms with Gasteiger partial charge in [0.1, 0.15) is 47.5 Å². The molecular weight excluding hydrogens is 769 g/mol. The lowest BCUT2D eigenvalue weighted by atomic mass is 9.90. The highest BCUT2D eigenvalue weighted by atomic mass is 19.1. The van der Waals surface area contributed by atoms with Gasteiger partial charge in [-0.05, 0) is 85.7 Å². The third kappa shape index (κ3) is 7.72. The zero-order valence-electron chi connectivity index (χ0n) is 32.6. The van der Waals surface area contributed by atoms with Gasteiger partial charge in [-0.2, -0.15) is 9.97 Å². The molecule has 308 valence electrons. The number of benzene rings is 3. The van der Waals surface area contributed by atoms with Crippen molar-refractivity contribution >= 4 is 39.6 Å². The first-order valence-electron chi connectivity index (χ1n) is 20.2. The summed E-state index contributed by atoms with van der Waals surface area (Å²) in [5.74, 6) is -1.74. The van der Waals surface area contributed by atoms with Gasteiger partial charge in [-0.25, -0.2) is 22.4 Å². The van der Waals surface area contributed by atoms with Crippen LogP contribution in [0.2, 0.25) is 0 Å². The lowest BCUT2D eigenvalue weighted by molar-refractivity contribution is -0.134. The molecule has 4 atom stereocenters. The lowest BCUT2D eigenvalue weighted by Gasteiger charge is -2.42. The number of piperidine rings is 1. The first-order chi connectivity index (χ1) is 28.5. The molecule has 11 nitrogen and oxygen atoms in total. The standard InChI is InChI=1S/C44H44F4N6O5/c1-43-19-28(45)22-53(24-43)40-33-21-49-38(37(48)39(33)50-41(51-40)58-25-44-14-6-15-54(44)23-29(46)20-44)32-18-30(59-35(55)13-10-26-7-3-2-4-8-26)17-27-11-12-34(47)31(36(27)32)9-5-16-57-42(56)52-43/h2-4,7-8,11-12,17-18,21,28-29H,5-6,9-10,13-16,19-20,22-25H2,1H3,(H,52,56)/t28-,29-,43-,44+/m1/s1. The monoisotopic (exact) mass is 812 g/mol. The van der Waals surface area contributed by atoms with E-state index in [1.165, 1.54) is 24.4 Å². The fraction of sp³-hybridized carbons (Fsp3) is 0.432. The highest BCUT2D eigenvalue weighted by Gasteiger charge is 2.49. The average Bonchev–Trinajstić information content (AvgIpc) is 3.73. The summed E-state index contributed by atoms with van der Waals surface area (Å²) >= 11 is 0. The van der Waals surface area contributed by atoms with Gasteiger partial charge in [-0.1, -0.05) is 36.4 Å². The van der Waals surface area contributed by atoms with Crippen molar-refractivity contribution in [2.24, 2.45) is 0 Å². The molecule has 1 amide bonds. The van der Waals surface area contributed by atoms with Crippen molar-refractivity contribution in [2.45, 2.75) is 81.7 Å². The highest BCUT2D eigenvalue weighted by Crippen LogP contribution is 2.43. The predicted molar refractivity (Wildman–Crippen MR) is 212 cm³/mol. The zero-order chi connectivity index (χ0) is 40.9. The summed E-state index contributed by atoms with van der Waals surface area (Å²) in [6.07, 6.45) is 0.857. The molecule has 3 fully saturated rings. The quantitative estimate of drug-likeness (QED) is 0.100. The molecule has 1 N–H and O–H groups in total. The summed E-state index contributed by atoms with van der Waals surface area (Å²) in [5, 5.41) is 3.75. The molecule has 0 aliphatic carbocycles. The second kappa shape index (κ2) is 15.6. The number of alkyl carbamates (subject to hydrolysis) is 1. The SMILES string of the molecule is C[C@@]12C[C@@H](F)CN(C1)c1nc(OC[C@@]34CCCN3C[C@H](F)C4)nc3c(F)c(ncc13)-c1cc(OC(=O)CCc3ccccc3)cc3ccc(F)c(c13)CCCOC(=O)N2. The molecule has 5 aliphatic heterocycles. The van der Waals surface area contributed by atoms with Crippen molar-refractivity contribution in [2.75, 3.05) is 44.3 Å². The summed E-state index contributed by atoms with van der Waals surface area (Å²) < 4.78 is 81.4. The van der Waals surface area contributed by atoms with Crippen molar-refractivity contribution in [3.63, 3.8) is 0 Å². The van der Waals surface area contributed by atoms with Crippen molar-refractivity contribution in [3.05, 3.63) is 83.6 Å². The van der Waals surface area contributed by atoms with Crippen LogP contribution in [0.4, 0.5) is 28.2 Å². The summed E-state index contributed by atoms with van der Waals surface area (Å²) in [7, 11) is 0. The summed E-state index contributed by atoms with van der Waals surface area (Å²) in [6, 6.07) is 15.2. The topological polar surface area (TPSA) is 119 Å². The average molecular weight is 813 g/mol. The van der Waals surface area contributed by atoms with Gasteiger partial charge in [-0.3, -0.25) is 14.7 Å². The number of fused-ring (bicyclic) bond motifs is 7. The number of hydrogen-bond donors (Lipinski definition) is 1. The van der Waals surface area contributed by atoms with Crippen LogP contribution >= 0.6 is 0 Å². The second-order valence-corrected chi connectivity index (χ2v) is 16.5. The van der Waals surface area contributed by atoms with Gasteiger partial charge >= 0.3 is 18.1 Å². The molecule has 6 bridgehead atoms. The van der Waals surface area contributed by atoms with E-state index >= 15 is 13.2 Å². The van der Waals surface area contributed by atoms with Crippen LogP contribution in [0.15, 0.2) is 60.8 Å². The number of rotatable bonds is 7. The minimum absolute atomic E-state index is 0.0217. The number of aryl methyl sites for hydroxylation is 2. The number of amides is 1. The Hall–Kier alpha value is -5.57. The van der Waals surface area contributed by atoms with E-state index < -0.39 is 47.1 Å². The molecule has 3 aromatic carbocycles. The second-order valence-electron chi connectivity index (χ2n) is 16.5. The third-order valence-corrected chi connectivity index (χ3v) is 12.1. The predicted octanol–water partition coefficient (Wildman–Crippen LogP) is 7.60. The van der Waals surface area contributed by atoms with Crippen LogP contribution < -0.4 is 19.7 Å². The van der Waals surface area contributed by atoms with Crippen molar-refractivity contribution in [3.8, 4) is 23.0 Å². The van der Waals surface area contributed by atoms with Gasteiger partial charge in [0.25, 0.3) is 0 Å². The van der Waals surface area contributed by atoms with Gasteiger partial charge in [0.15, 0.2) is 5.82 Å². The van der Waals surface area contributed by atoms with E-state index in [1.807, 2.05) is 30.3 Å². The number of pyridine rings is 1. The Labute approximate surface area is 338 Å². The van der Waals surface area contributed by atoms with Gasteiger partial charge < -0.3 is 24.4 Å². The molecule has 2 aromatic heterocycles. The molecule has 5 aliphatic rings. The molecule has 0 spiro atoms. The number of carbonyl (C=O) groups excluding carboxylic acids is 2. The fourth-order valence-corrected chi connectivity index (χ4v) is 9.51. The Morgan fingerprint density at radius 1 is 1.03 bits per heavy atom. The maximum absolute atomic E-state index is 17.5. The Morgan fingerprint density at radius 3 is 2.71 bits per heavy atom. The Bertz CT molecular complexity index is 2440. The molecule has 0 unspecified atom stereocenters. The lowest BCUT2D eigenvalue weighted by Crippen LogP contribution is -2.60. The number of carbonyl (C=O) groups is 2. The van der Waals surface area contributed by atoms with Gasteiger partial charge in [0.05, 0.1) is 29.6 Å². The van der Waals surface area contributed by atoms with Crippen molar-refractivity contribution < 1.29 is 41.4 Å². The van der Waals surface area contributed by atoms with Crippen LogP contribution in [-0.2, 0) is 22.4 Å². The minimum atomic E-state index is -1.42. The van der Waals surface area contributed by atoms with Crippen molar-refractivity contribution in [1.29, 1.82) is 0 Å². The largest absolute Gasteiger partial charge is 0.461 e. The smallest absolute Gasteiger partial charge is 0.407 e. The van der Waals surface area contributed by atoms with E-state index in [1.54, 1.807) is 17.9 Å². The first-order valence-corrected chi connectivity index (χ1v) is 20.2. The van der Waals surface area contributed by atoms with Crippen LogP contribution in [0.5, 0.6) is 11.8 Å². The molecule has 5 aromatic rings. The number of alkyl halides is 2. The normalized spacial score (nSPS) is 24.6. The molecule has 0 saturated carbocycles. The molecule has 15 heteroatoms. The number of nitrogens with one attached hydrogen (secondary N) is 1. The number of nitrogens with zero attached hydrogens (tertiary/aromatic N) is 5. The summed E-state index contributed by atoms with van der Waals surface area (Å²) in [6.45, 7) is 2.64. The Morgan fingerprint density at radius 2 is 1.86 bits per heavy atom. The number of aromatic nitrogens is 3. The van der Waals surface area contributed by atoms with Gasteiger partial charge in [0, 0.05) is 44.1 Å².